The van der Waals surface area contributed by atoms with E-state index in [-0.39, 0.29) is 61.6 Å². The Bertz CT molecular complexity index is 1480. The van der Waals surface area contributed by atoms with Crippen LogP contribution in [0, 0.1) is 0 Å². The average Bonchev–Trinajstić information content (AvgIpc) is 3.16. The Balaban J connectivity index is 1.15. The summed E-state index contributed by atoms with van der Waals surface area (Å²) in [7, 11) is 0. The summed E-state index contributed by atoms with van der Waals surface area (Å²) in [6.07, 6.45) is -13.9. The highest BCUT2D eigenvalue weighted by Gasteiger charge is 2.45. The van der Waals surface area contributed by atoms with Gasteiger partial charge in [0.1, 0.15) is 60.3 Å². The molecule has 14 N–H and O–H groups in total. The maximum atomic E-state index is 13.8. The van der Waals surface area contributed by atoms with Crippen LogP contribution in [0.25, 0.3) is 0 Å². The number of anilines is 2. The quantitative estimate of drug-likeness (QED) is 0.0428. The summed E-state index contributed by atoms with van der Waals surface area (Å²) >= 11 is 0. The van der Waals surface area contributed by atoms with Crippen LogP contribution in [0.5, 0.6) is 11.5 Å². The minimum Gasteiger partial charge on any atom is -0.507 e. The zero-order valence-electron chi connectivity index (χ0n) is 29.1. The van der Waals surface area contributed by atoms with Gasteiger partial charge >= 0.3 is 0 Å². The molecule has 0 amide bonds. The van der Waals surface area contributed by atoms with E-state index >= 15 is 0 Å². The van der Waals surface area contributed by atoms with Crippen LogP contribution in [0.3, 0.4) is 0 Å². The molecule has 2 aromatic carbocycles. The third-order valence-corrected chi connectivity index (χ3v) is 9.33. The van der Waals surface area contributed by atoms with Crippen molar-refractivity contribution in [3.05, 3.63) is 46.5 Å². The molecule has 5 rings (SSSR count). The van der Waals surface area contributed by atoms with E-state index in [9.17, 15) is 60.7 Å². The van der Waals surface area contributed by atoms with Crippen molar-refractivity contribution in [1.82, 2.24) is 10.6 Å². The fourth-order valence-electron chi connectivity index (χ4n) is 6.39. The normalized spacial score (nSPS) is 29.5. The second kappa shape index (κ2) is 18.8. The van der Waals surface area contributed by atoms with Gasteiger partial charge in [0.15, 0.2) is 12.6 Å². The average molecular weight is 769 g/mol. The van der Waals surface area contributed by atoms with E-state index in [0.29, 0.717) is 24.5 Å². The number of aliphatic hydroxyl groups excluding tert-OH is 8. The molecular weight excluding hydrogens is 720 g/mol. The number of nitrogens with one attached hydrogen (secondary N) is 4. The lowest BCUT2D eigenvalue weighted by molar-refractivity contribution is -0.300. The van der Waals surface area contributed by atoms with Crippen molar-refractivity contribution < 1.29 is 79.6 Å². The van der Waals surface area contributed by atoms with Gasteiger partial charge in [0, 0.05) is 50.6 Å². The summed E-state index contributed by atoms with van der Waals surface area (Å²) in [5.41, 5.74) is -0.0693. The van der Waals surface area contributed by atoms with E-state index in [1.807, 2.05) is 0 Å². The third-order valence-electron chi connectivity index (χ3n) is 9.33. The second-order valence-corrected chi connectivity index (χ2v) is 12.9. The number of hydrogen-bond donors (Lipinski definition) is 14. The van der Waals surface area contributed by atoms with E-state index in [4.69, 9.17) is 18.9 Å². The molecule has 0 aromatic heterocycles. The van der Waals surface area contributed by atoms with Crippen molar-refractivity contribution in [2.75, 3.05) is 76.3 Å². The molecule has 0 saturated carbocycles. The molecule has 1 aliphatic carbocycles. The minimum atomic E-state index is -1.56. The number of ether oxygens (including phenoxy) is 4. The van der Waals surface area contributed by atoms with E-state index in [2.05, 4.69) is 21.3 Å². The molecule has 1 unspecified atom stereocenters. The van der Waals surface area contributed by atoms with Gasteiger partial charge in [0.25, 0.3) is 0 Å². The molecule has 10 atom stereocenters. The molecule has 2 aliphatic heterocycles. The summed E-state index contributed by atoms with van der Waals surface area (Å²) in [6, 6.07) is 5.45. The van der Waals surface area contributed by atoms with Gasteiger partial charge < -0.3 is 91.3 Å². The lowest BCUT2D eigenvalue weighted by Crippen LogP contribution is -2.59. The highest BCUT2D eigenvalue weighted by molar-refractivity contribution is 6.33. The van der Waals surface area contributed by atoms with Gasteiger partial charge in [0.05, 0.1) is 48.7 Å². The largest absolute Gasteiger partial charge is 0.507 e. The first-order chi connectivity index (χ1) is 25.9. The molecule has 0 bridgehead atoms. The Morgan fingerprint density at radius 3 is 1.28 bits per heavy atom. The summed E-state index contributed by atoms with van der Waals surface area (Å²) in [4.78, 5) is 27.6. The number of aliphatic hydroxyl groups is 8. The first-order valence-electron chi connectivity index (χ1n) is 17.5. The number of phenols is 2. The number of aromatic hydroxyl groups is 2. The molecule has 2 heterocycles. The van der Waals surface area contributed by atoms with Crippen LogP contribution in [-0.4, -0.2) is 190 Å². The number of carbonyl (C=O) groups is 2. The molecule has 2 aromatic rings. The van der Waals surface area contributed by atoms with Gasteiger partial charge in [-0.05, 0) is 24.3 Å². The molecule has 0 radical (unpaired) electrons. The Kier molecular flexibility index (Phi) is 14.5. The standard InChI is InChI=1S/C34H48N4O16/c39-13-19-25(43)29(47)31(49)33(53-19)51-11-9-35-5-7-37-15-1-2-16(22-21(15)27(45)23-17(41)3-4-18(42)24(23)28(22)46)38-8-6-36-10-12-52-34-32(50)30(48)26(44)20(14-40)54-34/h1-4,19-20,25-26,29-44,47-50H,5-14H2/t19-,20-,25+,26+,29+,30+,31-,32-,33-,34?/m0/s1. The topological polar surface area (TPSA) is 321 Å². The van der Waals surface area contributed by atoms with Crippen LogP contribution < -0.4 is 21.3 Å². The van der Waals surface area contributed by atoms with Crippen molar-refractivity contribution in [3.8, 4) is 11.5 Å². The van der Waals surface area contributed by atoms with Crippen molar-refractivity contribution >= 4 is 22.9 Å². The molecule has 20 heteroatoms. The monoisotopic (exact) mass is 768 g/mol. The molecule has 0 spiro atoms. The minimum absolute atomic E-state index is 0.00904. The van der Waals surface area contributed by atoms with Crippen molar-refractivity contribution in [1.29, 1.82) is 0 Å². The molecule has 54 heavy (non-hydrogen) atoms. The van der Waals surface area contributed by atoms with Gasteiger partial charge in [-0.2, -0.15) is 0 Å². The smallest absolute Gasteiger partial charge is 0.200 e. The van der Waals surface area contributed by atoms with Crippen LogP contribution in [0.15, 0.2) is 24.3 Å². The summed E-state index contributed by atoms with van der Waals surface area (Å²) in [5.74, 6) is -2.29. The second-order valence-electron chi connectivity index (χ2n) is 12.9. The van der Waals surface area contributed by atoms with Gasteiger partial charge in [-0.3, -0.25) is 9.59 Å². The predicted octanol–water partition coefficient (Wildman–Crippen LogP) is -4.49. The van der Waals surface area contributed by atoms with Gasteiger partial charge in [-0.25, -0.2) is 0 Å². The number of rotatable bonds is 18. The van der Waals surface area contributed by atoms with Crippen LogP contribution in [0.1, 0.15) is 31.8 Å². The predicted molar refractivity (Wildman–Crippen MR) is 185 cm³/mol. The van der Waals surface area contributed by atoms with E-state index in [1.54, 1.807) is 12.1 Å². The number of benzene rings is 2. The summed E-state index contributed by atoms with van der Waals surface area (Å²) < 4.78 is 21.5. The van der Waals surface area contributed by atoms with Crippen LogP contribution in [0.4, 0.5) is 11.4 Å². The lowest BCUT2D eigenvalue weighted by Gasteiger charge is -2.39. The number of carbonyl (C=O) groups excluding carboxylic acids is 2. The lowest BCUT2D eigenvalue weighted by atomic mass is 9.81. The Hall–Kier alpha value is -3.58. The maximum Gasteiger partial charge on any atom is 0.200 e. The molecule has 3 aliphatic rings. The third kappa shape index (κ3) is 8.93. The fourth-order valence-corrected chi connectivity index (χ4v) is 6.39. The van der Waals surface area contributed by atoms with Crippen LogP contribution in [0.2, 0.25) is 0 Å². The van der Waals surface area contributed by atoms with Crippen molar-refractivity contribution in [2.45, 2.75) is 61.4 Å². The number of fused-ring (bicyclic) bond motifs is 2. The Labute approximate surface area is 308 Å². The molecule has 2 saturated heterocycles. The zero-order chi connectivity index (χ0) is 39.1. The maximum absolute atomic E-state index is 13.8. The van der Waals surface area contributed by atoms with E-state index in [1.165, 1.54) is 0 Å². The summed E-state index contributed by atoms with van der Waals surface area (Å²) in [5, 5.41) is 112. The zero-order valence-corrected chi connectivity index (χ0v) is 29.1. The SMILES string of the molecule is O=C1c2c(O)ccc(O)c2C(=O)c2c(NCCNCCO[C@H]3O[C@@H](CO)[C@@H](O)[C@@H](O)[C@@H]3O)ccc(NCCNCCOC3O[C@@H](CO)[C@@H](O)[C@@H](O)[C@@H]3O)c21. The van der Waals surface area contributed by atoms with Gasteiger partial charge in [-0.15, -0.1) is 0 Å². The highest BCUT2D eigenvalue weighted by atomic mass is 16.7. The highest BCUT2D eigenvalue weighted by Crippen LogP contribution is 2.42. The van der Waals surface area contributed by atoms with Gasteiger partial charge in [-0.1, -0.05) is 0 Å². The number of hydrogen-bond acceptors (Lipinski definition) is 20. The van der Waals surface area contributed by atoms with E-state index < -0.39 is 97.7 Å². The molecule has 2 fully saturated rings. The number of phenolic OH excluding ortho intramolecular Hbond substituents is 2. The Morgan fingerprint density at radius 2 is 0.907 bits per heavy atom. The first-order valence-corrected chi connectivity index (χ1v) is 17.5. The Morgan fingerprint density at radius 1 is 0.519 bits per heavy atom. The van der Waals surface area contributed by atoms with Crippen molar-refractivity contribution in [2.24, 2.45) is 0 Å². The molecular formula is C34H48N4O16. The van der Waals surface area contributed by atoms with Gasteiger partial charge in [0.2, 0.25) is 11.6 Å². The van der Waals surface area contributed by atoms with Crippen LogP contribution >= 0.6 is 0 Å². The fraction of sp³-hybridized carbons (Fsp3) is 0.588. The van der Waals surface area contributed by atoms with Crippen LogP contribution in [-0.2, 0) is 18.9 Å². The first kappa shape index (κ1) is 41.6. The summed E-state index contributed by atoms with van der Waals surface area (Å²) in [6.45, 7) is 0.629. The molecule has 20 nitrogen and oxygen atoms in total. The van der Waals surface area contributed by atoms with E-state index in [0.717, 1.165) is 12.1 Å². The molecule has 300 valence electrons. The van der Waals surface area contributed by atoms with Crippen molar-refractivity contribution in [3.63, 3.8) is 0 Å². The number of ketones is 2.